The molecule has 3 nitrogen and oxygen atoms in total. The monoisotopic (exact) mass is 419 g/mol. The predicted molar refractivity (Wildman–Crippen MR) is 125 cm³/mol. The molecule has 0 radical (unpaired) electrons. The van der Waals surface area contributed by atoms with Crippen LogP contribution in [0.3, 0.4) is 0 Å². The molecule has 0 bridgehead atoms. The zero-order valence-corrected chi connectivity index (χ0v) is 19.7. The lowest BCUT2D eigenvalue weighted by atomic mass is 9.60. The van der Waals surface area contributed by atoms with Gasteiger partial charge in [0.15, 0.2) is 0 Å². The molecule has 164 valence electrons. The summed E-state index contributed by atoms with van der Waals surface area (Å²) >= 11 is 0. The van der Waals surface area contributed by atoms with Gasteiger partial charge in [0.2, 0.25) is 0 Å². The van der Waals surface area contributed by atoms with Crippen LogP contribution in [0.25, 0.3) is 0 Å². The van der Waals surface area contributed by atoms with Crippen molar-refractivity contribution >= 4 is 5.69 Å². The molecule has 1 aromatic carbocycles. The van der Waals surface area contributed by atoms with E-state index in [0.29, 0.717) is 23.7 Å². The van der Waals surface area contributed by atoms with E-state index in [1.165, 1.54) is 18.1 Å². The number of aryl methyl sites for hydroxylation is 1. The van der Waals surface area contributed by atoms with Crippen LogP contribution in [0.15, 0.2) is 48.3 Å². The maximum absolute atomic E-state index is 15.0. The molecule has 31 heavy (non-hydrogen) atoms. The van der Waals surface area contributed by atoms with Gasteiger partial charge in [0, 0.05) is 24.6 Å². The van der Waals surface area contributed by atoms with E-state index in [1.54, 1.807) is 18.3 Å². The Balaban J connectivity index is 2.00. The number of nitrogens with zero attached hydrogens (tertiary/aromatic N) is 3. The molecule has 0 N–H and O–H groups in total. The molecule has 0 amide bonds. The second-order valence-electron chi connectivity index (χ2n) is 10.6. The summed E-state index contributed by atoms with van der Waals surface area (Å²) in [6, 6.07) is 10.7. The first-order valence-corrected chi connectivity index (χ1v) is 11.0. The lowest BCUT2D eigenvalue weighted by molar-refractivity contribution is 0.0817. The van der Waals surface area contributed by atoms with Gasteiger partial charge in [-0.25, -0.2) is 4.39 Å². The Kier molecular flexibility index (Phi) is 6.55. The zero-order chi connectivity index (χ0) is 22.8. The maximum atomic E-state index is 15.0. The number of hydrogen-bond acceptors (Lipinski definition) is 3. The predicted octanol–water partition coefficient (Wildman–Crippen LogP) is 7.16. The SMILES string of the molecule is C/C(=C\N(Cc1cccnc1C)c1ccc(C#N)cc1F)C1CC(C)(C)CC(C)(C)C1. The summed E-state index contributed by atoms with van der Waals surface area (Å²) in [6.07, 6.45) is 7.37. The second kappa shape index (κ2) is 8.83. The van der Waals surface area contributed by atoms with E-state index in [9.17, 15) is 4.39 Å². The first kappa shape index (κ1) is 23.0. The molecule has 1 aliphatic rings. The van der Waals surface area contributed by atoms with Gasteiger partial charge in [0.05, 0.1) is 17.3 Å². The molecule has 0 atom stereocenters. The standard InChI is InChI=1S/C27H34FN3/c1-19(23-13-26(3,4)18-27(5,6)14-23)16-31(17-22-8-7-11-30-20(22)2)25-10-9-21(15-29)12-24(25)28/h7-12,16,23H,13-14,17-18H2,1-6H3/b19-16+. The summed E-state index contributed by atoms with van der Waals surface area (Å²) in [4.78, 5) is 6.38. The number of anilines is 1. The molecule has 3 rings (SSSR count). The van der Waals surface area contributed by atoms with E-state index in [4.69, 9.17) is 5.26 Å². The summed E-state index contributed by atoms with van der Waals surface area (Å²) in [5.41, 5.74) is 4.64. The van der Waals surface area contributed by atoms with Gasteiger partial charge in [-0.1, -0.05) is 39.3 Å². The lowest BCUT2D eigenvalue weighted by Crippen LogP contribution is -2.34. The number of halogens is 1. The van der Waals surface area contributed by atoms with E-state index >= 15 is 0 Å². The molecule has 1 heterocycles. The minimum Gasteiger partial charge on any atom is -0.341 e. The van der Waals surface area contributed by atoms with E-state index in [1.807, 2.05) is 30.0 Å². The fourth-order valence-electron chi connectivity index (χ4n) is 5.40. The molecule has 1 aliphatic carbocycles. The van der Waals surface area contributed by atoms with Gasteiger partial charge in [-0.2, -0.15) is 5.26 Å². The number of hydrogen-bond donors (Lipinski definition) is 0. The fraction of sp³-hybridized carbons (Fsp3) is 0.481. The van der Waals surface area contributed by atoms with E-state index in [2.05, 4.69) is 45.8 Å². The third-order valence-electron chi connectivity index (χ3n) is 6.40. The quantitative estimate of drug-likeness (QED) is 0.516. The highest BCUT2D eigenvalue weighted by Crippen LogP contribution is 2.50. The molecule has 0 aliphatic heterocycles. The van der Waals surface area contributed by atoms with Crippen LogP contribution in [0.5, 0.6) is 0 Å². The fourth-order valence-corrected chi connectivity index (χ4v) is 5.40. The van der Waals surface area contributed by atoms with Crippen LogP contribution >= 0.6 is 0 Å². The third kappa shape index (κ3) is 5.73. The number of benzene rings is 1. The first-order chi connectivity index (χ1) is 14.5. The van der Waals surface area contributed by atoms with Gasteiger partial charge in [0.1, 0.15) is 5.82 Å². The Hall–Kier alpha value is -2.67. The number of aromatic nitrogens is 1. The molecule has 0 unspecified atom stereocenters. The van der Waals surface area contributed by atoms with Crippen molar-refractivity contribution in [2.45, 2.75) is 67.3 Å². The summed E-state index contributed by atoms with van der Waals surface area (Å²) in [5.74, 6) is 0.0756. The molecule has 1 fully saturated rings. The Labute approximate surface area is 186 Å². The van der Waals surface area contributed by atoms with E-state index < -0.39 is 0 Å². The van der Waals surface area contributed by atoms with Crippen molar-refractivity contribution in [1.29, 1.82) is 5.26 Å². The van der Waals surface area contributed by atoms with E-state index in [-0.39, 0.29) is 16.6 Å². The van der Waals surface area contributed by atoms with Gasteiger partial charge in [-0.3, -0.25) is 4.98 Å². The van der Waals surface area contributed by atoms with Crippen LogP contribution in [-0.2, 0) is 6.54 Å². The second-order valence-corrected chi connectivity index (χ2v) is 10.6. The topological polar surface area (TPSA) is 39.9 Å². The molecular formula is C27H34FN3. The Morgan fingerprint density at radius 3 is 2.48 bits per heavy atom. The molecule has 2 aromatic rings. The molecular weight excluding hydrogens is 385 g/mol. The van der Waals surface area contributed by atoms with Crippen molar-refractivity contribution < 1.29 is 4.39 Å². The number of rotatable bonds is 5. The summed E-state index contributed by atoms with van der Waals surface area (Å²) < 4.78 is 15.0. The summed E-state index contributed by atoms with van der Waals surface area (Å²) in [7, 11) is 0. The first-order valence-electron chi connectivity index (χ1n) is 11.0. The van der Waals surface area contributed by atoms with Crippen LogP contribution in [0, 0.1) is 40.8 Å². The van der Waals surface area contributed by atoms with Gasteiger partial charge < -0.3 is 4.90 Å². The van der Waals surface area contributed by atoms with Crippen LogP contribution in [0.1, 0.15) is 70.7 Å². The number of allylic oxidation sites excluding steroid dienone is 1. The summed E-state index contributed by atoms with van der Waals surface area (Å²) in [5, 5.41) is 9.13. The average Bonchev–Trinajstić information content (AvgIpc) is 2.66. The van der Waals surface area contributed by atoms with Gasteiger partial charge in [0.25, 0.3) is 0 Å². The van der Waals surface area contributed by atoms with Crippen molar-refractivity contribution in [2.24, 2.45) is 16.7 Å². The maximum Gasteiger partial charge on any atom is 0.148 e. The van der Waals surface area contributed by atoms with Crippen LogP contribution in [0.2, 0.25) is 0 Å². The number of pyridine rings is 1. The van der Waals surface area contributed by atoms with Crippen LogP contribution < -0.4 is 4.90 Å². The molecule has 0 spiro atoms. The Morgan fingerprint density at radius 2 is 1.90 bits per heavy atom. The smallest absolute Gasteiger partial charge is 0.148 e. The minimum absolute atomic E-state index is 0.284. The van der Waals surface area contributed by atoms with E-state index in [0.717, 1.165) is 24.1 Å². The van der Waals surface area contributed by atoms with Crippen LogP contribution in [-0.4, -0.2) is 4.98 Å². The molecule has 4 heteroatoms. The van der Waals surface area contributed by atoms with Crippen molar-refractivity contribution in [3.63, 3.8) is 0 Å². The highest BCUT2D eigenvalue weighted by Gasteiger charge is 2.39. The molecule has 1 saturated carbocycles. The van der Waals surface area contributed by atoms with Crippen LogP contribution in [0.4, 0.5) is 10.1 Å². The van der Waals surface area contributed by atoms with Crippen molar-refractivity contribution in [1.82, 2.24) is 4.98 Å². The minimum atomic E-state index is -0.381. The van der Waals surface area contributed by atoms with Crippen molar-refractivity contribution in [3.05, 3.63) is 70.9 Å². The molecule has 1 aromatic heterocycles. The van der Waals surface area contributed by atoms with Gasteiger partial charge in [-0.05, 0) is 79.7 Å². The zero-order valence-electron chi connectivity index (χ0n) is 19.7. The van der Waals surface area contributed by atoms with Gasteiger partial charge >= 0.3 is 0 Å². The highest BCUT2D eigenvalue weighted by atomic mass is 19.1. The Bertz CT molecular complexity index is 997. The Morgan fingerprint density at radius 1 is 1.23 bits per heavy atom. The lowest BCUT2D eigenvalue weighted by Gasteiger charge is -2.45. The number of nitriles is 1. The molecule has 0 saturated heterocycles. The van der Waals surface area contributed by atoms with Crippen molar-refractivity contribution in [3.8, 4) is 6.07 Å². The van der Waals surface area contributed by atoms with Gasteiger partial charge in [-0.15, -0.1) is 0 Å². The van der Waals surface area contributed by atoms with Crippen molar-refractivity contribution in [2.75, 3.05) is 4.90 Å². The average molecular weight is 420 g/mol. The highest BCUT2D eigenvalue weighted by molar-refractivity contribution is 5.54. The normalized spacial score (nSPS) is 18.5. The summed E-state index contributed by atoms with van der Waals surface area (Å²) in [6.45, 7) is 14.1. The third-order valence-corrected chi connectivity index (χ3v) is 6.40. The largest absolute Gasteiger partial charge is 0.341 e.